The summed E-state index contributed by atoms with van der Waals surface area (Å²) in [4.78, 5) is 14.1. The van der Waals surface area contributed by atoms with Gasteiger partial charge in [-0.3, -0.25) is 4.79 Å². The average Bonchev–Trinajstić information content (AvgIpc) is 2.87. The van der Waals surface area contributed by atoms with Crippen LogP contribution in [-0.2, 0) is 11.3 Å². The summed E-state index contributed by atoms with van der Waals surface area (Å²) in [5.41, 5.74) is 0.523. The second-order valence-corrected chi connectivity index (χ2v) is 5.67. The first kappa shape index (κ1) is 15.7. The van der Waals surface area contributed by atoms with Gasteiger partial charge in [-0.1, -0.05) is 12.1 Å². The molecule has 1 unspecified atom stereocenters. The molecule has 0 radical (unpaired) electrons. The molecule has 1 aromatic carbocycles. The van der Waals surface area contributed by atoms with Crippen molar-refractivity contribution < 1.29 is 18.3 Å². The molecule has 0 saturated carbocycles. The lowest BCUT2D eigenvalue weighted by atomic mass is 9.88. The maximum Gasteiger partial charge on any atom is 0.387 e. The van der Waals surface area contributed by atoms with E-state index in [2.05, 4.69) is 10.1 Å². The lowest BCUT2D eigenvalue weighted by Gasteiger charge is -2.28. The molecule has 1 aliphatic heterocycles. The highest BCUT2D eigenvalue weighted by atomic mass is 19.3. The maximum absolute atomic E-state index is 12.4. The molecule has 2 rings (SSSR count). The summed E-state index contributed by atoms with van der Waals surface area (Å²) in [6.45, 7) is 1.14. The number of nitrogens with zero attached hydrogens (tertiary/aromatic N) is 1. The molecule has 0 aliphatic carbocycles. The lowest BCUT2D eigenvalue weighted by molar-refractivity contribution is -0.139. The van der Waals surface area contributed by atoms with Crippen LogP contribution in [0.5, 0.6) is 5.75 Å². The third-order valence-electron chi connectivity index (χ3n) is 3.80. The predicted octanol–water partition coefficient (Wildman–Crippen LogP) is 2.25. The zero-order valence-corrected chi connectivity index (χ0v) is 12.2. The first-order valence-electron chi connectivity index (χ1n) is 6.91. The van der Waals surface area contributed by atoms with Crippen molar-refractivity contribution in [2.45, 2.75) is 26.5 Å². The third-order valence-corrected chi connectivity index (χ3v) is 3.80. The minimum atomic E-state index is -2.82. The number of alkyl halides is 2. The van der Waals surface area contributed by atoms with Gasteiger partial charge in [-0.2, -0.15) is 8.78 Å². The Balaban J connectivity index is 1.96. The first-order valence-corrected chi connectivity index (χ1v) is 6.91. The lowest BCUT2D eigenvalue weighted by Crippen LogP contribution is -2.41. The Kier molecular flexibility index (Phi) is 4.77. The largest absolute Gasteiger partial charge is 0.435 e. The second kappa shape index (κ2) is 6.39. The summed E-state index contributed by atoms with van der Waals surface area (Å²) in [5, 5.41) is 3.20. The van der Waals surface area contributed by atoms with Crippen LogP contribution in [-0.4, -0.2) is 37.6 Å². The van der Waals surface area contributed by atoms with Crippen LogP contribution in [0.25, 0.3) is 0 Å². The van der Waals surface area contributed by atoms with Crippen molar-refractivity contribution >= 4 is 5.91 Å². The van der Waals surface area contributed by atoms with Crippen LogP contribution in [0, 0.1) is 5.41 Å². The van der Waals surface area contributed by atoms with Gasteiger partial charge >= 0.3 is 6.61 Å². The summed E-state index contributed by atoms with van der Waals surface area (Å²) < 4.78 is 28.4. The molecule has 1 saturated heterocycles. The molecule has 0 spiro atoms. The summed E-state index contributed by atoms with van der Waals surface area (Å²) in [6, 6.07) is 6.35. The molecule has 4 nitrogen and oxygen atoms in total. The predicted molar refractivity (Wildman–Crippen MR) is 75.1 cm³/mol. The minimum Gasteiger partial charge on any atom is -0.435 e. The highest BCUT2D eigenvalue weighted by molar-refractivity contribution is 5.82. The smallest absolute Gasteiger partial charge is 0.387 e. The van der Waals surface area contributed by atoms with E-state index in [4.69, 9.17) is 0 Å². The van der Waals surface area contributed by atoms with Gasteiger partial charge in [0.15, 0.2) is 0 Å². The number of ether oxygens (including phenoxy) is 1. The van der Waals surface area contributed by atoms with Crippen LogP contribution >= 0.6 is 0 Å². The molecular weight excluding hydrogens is 278 g/mol. The fourth-order valence-corrected chi connectivity index (χ4v) is 2.58. The van der Waals surface area contributed by atoms with Gasteiger partial charge in [0.25, 0.3) is 0 Å². The van der Waals surface area contributed by atoms with E-state index in [9.17, 15) is 13.6 Å². The monoisotopic (exact) mass is 298 g/mol. The Bertz CT molecular complexity index is 485. The van der Waals surface area contributed by atoms with E-state index in [0.717, 1.165) is 18.5 Å². The molecule has 1 aliphatic rings. The first-order chi connectivity index (χ1) is 9.90. The van der Waals surface area contributed by atoms with Gasteiger partial charge < -0.3 is 15.0 Å². The Labute approximate surface area is 123 Å². The number of nitrogens with one attached hydrogen (secondary N) is 1. The summed E-state index contributed by atoms with van der Waals surface area (Å²) in [7, 11) is 1.76. The molecule has 1 fully saturated rings. The molecular formula is C15H20F2N2O2. The number of hydrogen-bond acceptors (Lipinski definition) is 3. The molecule has 6 heteroatoms. The van der Waals surface area contributed by atoms with Crippen molar-refractivity contribution in [3.8, 4) is 5.75 Å². The molecule has 116 valence electrons. The van der Waals surface area contributed by atoms with E-state index in [0.29, 0.717) is 13.1 Å². The summed E-state index contributed by atoms with van der Waals surface area (Å²) in [5.74, 6) is 0.218. The van der Waals surface area contributed by atoms with E-state index in [1.54, 1.807) is 24.1 Å². The van der Waals surface area contributed by atoms with Gasteiger partial charge in [0.1, 0.15) is 5.75 Å². The zero-order valence-electron chi connectivity index (χ0n) is 12.2. The fourth-order valence-electron chi connectivity index (χ4n) is 2.58. The normalized spacial score (nSPS) is 21.6. The quantitative estimate of drug-likeness (QED) is 0.906. The van der Waals surface area contributed by atoms with Gasteiger partial charge in [0, 0.05) is 20.1 Å². The third kappa shape index (κ3) is 3.91. The maximum atomic E-state index is 12.4. The molecule has 1 aromatic rings. The minimum absolute atomic E-state index is 0.0976. The van der Waals surface area contributed by atoms with Crippen molar-refractivity contribution in [1.29, 1.82) is 0 Å². The Hall–Kier alpha value is -1.69. The van der Waals surface area contributed by atoms with Crippen LogP contribution < -0.4 is 10.1 Å². The van der Waals surface area contributed by atoms with Gasteiger partial charge in [0.05, 0.1) is 5.41 Å². The van der Waals surface area contributed by atoms with Crippen molar-refractivity contribution in [3.05, 3.63) is 29.8 Å². The van der Waals surface area contributed by atoms with Crippen LogP contribution in [0.1, 0.15) is 18.9 Å². The second-order valence-electron chi connectivity index (χ2n) is 5.67. The van der Waals surface area contributed by atoms with Gasteiger partial charge in [-0.05, 0) is 37.6 Å². The van der Waals surface area contributed by atoms with Gasteiger partial charge in [0.2, 0.25) is 5.91 Å². The Morgan fingerprint density at radius 1 is 1.43 bits per heavy atom. The molecule has 0 bridgehead atoms. The van der Waals surface area contributed by atoms with E-state index in [-0.39, 0.29) is 17.1 Å². The Morgan fingerprint density at radius 3 is 2.62 bits per heavy atom. The van der Waals surface area contributed by atoms with E-state index < -0.39 is 6.61 Å². The SMILES string of the molecule is CN(Cc1ccc(OC(F)F)cc1)C(=O)C1(C)CCNC1. The van der Waals surface area contributed by atoms with Crippen molar-refractivity contribution in [1.82, 2.24) is 10.2 Å². The zero-order chi connectivity index (χ0) is 15.5. The number of amides is 1. The number of rotatable bonds is 5. The standard InChI is InChI=1S/C15H20F2N2O2/c1-15(7-8-18-10-15)13(20)19(2)9-11-3-5-12(6-4-11)21-14(16)17/h3-6,14,18H,7-10H2,1-2H3. The fraction of sp³-hybridized carbons (Fsp3) is 0.533. The molecule has 1 N–H and O–H groups in total. The highest BCUT2D eigenvalue weighted by Gasteiger charge is 2.38. The molecule has 21 heavy (non-hydrogen) atoms. The molecule has 1 atom stereocenters. The van der Waals surface area contributed by atoms with Crippen LogP contribution in [0.3, 0.4) is 0 Å². The summed E-state index contributed by atoms with van der Waals surface area (Å²) >= 11 is 0. The molecule has 1 amide bonds. The van der Waals surface area contributed by atoms with Crippen LogP contribution in [0.15, 0.2) is 24.3 Å². The van der Waals surface area contributed by atoms with E-state index in [1.165, 1.54) is 12.1 Å². The number of carbonyl (C=O) groups excluding carboxylic acids is 1. The Morgan fingerprint density at radius 2 is 2.10 bits per heavy atom. The number of hydrogen-bond donors (Lipinski definition) is 1. The number of halogens is 2. The molecule has 1 heterocycles. The molecule has 0 aromatic heterocycles. The van der Waals surface area contributed by atoms with Crippen molar-refractivity contribution in [3.63, 3.8) is 0 Å². The number of carbonyl (C=O) groups is 1. The van der Waals surface area contributed by atoms with Crippen LogP contribution in [0.2, 0.25) is 0 Å². The topological polar surface area (TPSA) is 41.6 Å². The highest BCUT2D eigenvalue weighted by Crippen LogP contribution is 2.27. The summed E-state index contributed by atoms with van der Waals surface area (Å²) in [6.07, 6.45) is 0.831. The van der Waals surface area contributed by atoms with Crippen molar-refractivity contribution in [2.75, 3.05) is 20.1 Å². The van der Waals surface area contributed by atoms with E-state index >= 15 is 0 Å². The number of benzene rings is 1. The van der Waals surface area contributed by atoms with E-state index in [1.807, 2.05) is 6.92 Å². The average molecular weight is 298 g/mol. The van der Waals surface area contributed by atoms with Crippen LogP contribution in [0.4, 0.5) is 8.78 Å². The van der Waals surface area contributed by atoms with Crippen molar-refractivity contribution in [2.24, 2.45) is 5.41 Å². The van der Waals surface area contributed by atoms with Gasteiger partial charge in [-0.25, -0.2) is 0 Å². The van der Waals surface area contributed by atoms with Gasteiger partial charge in [-0.15, -0.1) is 0 Å².